The molecule has 0 aliphatic carbocycles. The second kappa shape index (κ2) is 7.19. The average Bonchev–Trinajstić information content (AvgIpc) is 2.24. The van der Waals surface area contributed by atoms with Gasteiger partial charge in [0, 0.05) is 33.3 Å². The first kappa shape index (κ1) is 18.6. The maximum atomic E-state index is 12.1. The van der Waals surface area contributed by atoms with Gasteiger partial charge in [-0.1, -0.05) is 11.6 Å². The molecule has 0 spiro atoms. The van der Waals surface area contributed by atoms with Gasteiger partial charge >= 0.3 is 0 Å². The van der Waals surface area contributed by atoms with Crippen molar-refractivity contribution in [3.05, 3.63) is 27.2 Å². The fourth-order valence-corrected chi connectivity index (χ4v) is 4.42. The van der Waals surface area contributed by atoms with Crippen molar-refractivity contribution in [3.8, 4) is 0 Å². The highest BCUT2D eigenvalue weighted by Gasteiger charge is 2.20. The molecule has 1 aromatic rings. The van der Waals surface area contributed by atoms with Crippen LogP contribution in [0.2, 0.25) is 5.02 Å². The van der Waals surface area contributed by atoms with E-state index in [-0.39, 0.29) is 31.7 Å². The van der Waals surface area contributed by atoms with Crippen molar-refractivity contribution >= 4 is 54.3 Å². The van der Waals surface area contributed by atoms with Crippen molar-refractivity contribution in [2.24, 2.45) is 5.14 Å². The molecule has 2 atom stereocenters. The maximum Gasteiger partial charge on any atom is 0.253 e. The molecule has 0 heterocycles. The third-order valence-electron chi connectivity index (χ3n) is 2.43. The summed E-state index contributed by atoms with van der Waals surface area (Å²) in [6, 6.07) is 2.05. The molecule has 1 rings (SSSR count). The van der Waals surface area contributed by atoms with Crippen LogP contribution < -0.4 is 10.5 Å². The average molecular weight is 418 g/mol. The summed E-state index contributed by atoms with van der Waals surface area (Å²) in [6.07, 6.45) is 1.52. The number of nitrogens with one attached hydrogen (secondary N) is 1. The smallest absolute Gasteiger partial charge is 0.253 e. The molecule has 118 valence electrons. The minimum atomic E-state index is -3.99. The van der Waals surface area contributed by atoms with Gasteiger partial charge in [0.2, 0.25) is 10.0 Å². The van der Waals surface area contributed by atoms with Crippen LogP contribution in [0.15, 0.2) is 21.5 Å². The summed E-state index contributed by atoms with van der Waals surface area (Å²) in [6.45, 7) is 1.69. The molecular formula is C11H14BrClN2O4S2. The summed E-state index contributed by atoms with van der Waals surface area (Å²) < 4.78 is 34.2. The monoisotopic (exact) mass is 416 g/mol. The molecule has 0 radical (unpaired) electrons. The van der Waals surface area contributed by atoms with Gasteiger partial charge in [-0.2, -0.15) is 0 Å². The van der Waals surface area contributed by atoms with E-state index >= 15 is 0 Å². The molecule has 0 fully saturated rings. The molecule has 0 aliphatic heterocycles. The summed E-state index contributed by atoms with van der Waals surface area (Å²) in [5, 5.41) is 7.75. The Kier molecular flexibility index (Phi) is 6.36. The fourth-order valence-electron chi connectivity index (χ4n) is 1.62. The summed E-state index contributed by atoms with van der Waals surface area (Å²) in [4.78, 5) is 11.9. The first-order valence-electron chi connectivity index (χ1n) is 5.65. The minimum Gasteiger partial charge on any atom is -0.349 e. The molecule has 2 unspecified atom stereocenters. The number of hydrogen-bond donors (Lipinski definition) is 2. The molecule has 0 saturated heterocycles. The Labute approximate surface area is 139 Å². The molecule has 3 N–H and O–H groups in total. The second-order valence-corrected chi connectivity index (χ2v) is 8.69. The number of benzene rings is 1. The van der Waals surface area contributed by atoms with Crippen molar-refractivity contribution in [2.75, 3.05) is 12.0 Å². The van der Waals surface area contributed by atoms with E-state index in [9.17, 15) is 17.4 Å². The summed E-state index contributed by atoms with van der Waals surface area (Å²) in [5.41, 5.74) is -0.0161. The third-order valence-corrected chi connectivity index (χ3v) is 5.59. The van der Waals surface area contributed by atoms with E-state index in [1.165, 1.54) is 12.3 Å². The Hall–Kier alpha value is -0.480. The van der Waals surface area contributed by atoms with Crippen LogP contribution in [0.4, 0.5) is 0 Å². The van der Waals surface area contributed by atoms with Gasteiger partial charge in [-0.05, 0) is 35.0 Å². The number of sulfonamides is 1. The van der Waals surface area contributed by atoms with Crippen LogP contribution in [-0.4, -0.2) is 36.6 Å². The van der Waals surface area contributed by atoms with Crippen LogP contribution in [0, 0.1) is 0 Å². The van der Waals surface area contributed by atoms with E-state index in [0.29, 0.717) is 0 Å². The van der Waals surface area contributed by atoms with Gasteiger partial charge in [0.25, 0.3) is 5.91 Å². The van der Waals surface area contributed by atoms with Gasteiger partial charge in [-0.3, -0.25) is 9.00 Å². The summed E-state index contributed by atoms with van der Waals surface area (Å²) in [5.74, 6) is -0.280. The zero-order chi connectivity index (χ0) is 16.4. The van der Waals surface area contributed by atoms with Gasteiger partial charge in [0.05, 0.1) is 15.5 Å². The standard InChI is InChI=1S/C11H14BrClN2O4S2/c1-6(5-20(2)17)15-11(16)7-3-10(21(14,18)19)8(12)4-9(7)13/h3-4,6H,5H2,1-2H3,(H,15,16)(H2,14,18,19). The van der Waals surface area contributed by atoms with Gasteiger partial charge in [0.1, 0.15) is 0 Å². The number of hydrogen-bond acceptors (Lipinski definition) is 4. The van der Waals surface area contributed by atoms with E-state index in [2.05, 4.69) is 21.2 Å². The molecule has 10 heteroatoms. The van der Waals surface area contributed by atoms with E-state index < -0.39 is 26.7 Å². The minimum absolute atomic E-state index is 0.0161. The number of rotatable bonds is 5. The van der Waals surface area contributed by atoms with Crippen LogP contribution in [0.1, 0.15) is 17.3 Å². The third kappa shape index (κ3) is 5.33. The molecule has 1 amide bonds. The molecule has 21 heavy (non-hydrogen) atoms. The number of carbonyl (C=O) groups is 1. The van der Waals surface area contributed by atoms with Gasteiger partial charge in [-0.25, -0.2) is 13.6 Å². The number of carbonyl (C=O) groups excluding carboxylic acids is 1. The lowest BCUT2D eigenvalue weighted by molar-refractivity contribution is 0.0943. The maximum absolute atomic E-state index is 12.1. The van der Waals surface area contributed by atoms with Gasteiger partial charge in [0.15, 0.2) is 0 Å². The highest BCUT2D eigenvalue weighted by atomic mass is 79.9. The number of amides is 1. The lowest BCUT2D eigenvalue weighted by atomic mass is 10.2. The van der Waals surface area contributed by atoms with Crippen molar-refractivity contribution in [3.63, 3.8) is 0 Å². The van der Waals surface area contributed by atoms with E-state index in [4.69, 9.17) is 16.7 Å². The van der Waals surface area contributed by atoms with E-state index in [0.717, 1.165) is 6.07 Å². The predicted octanol–water partition coefficient (Wildman–Crippen LogP) is 1.25. The van der Waals surface area contributed by atoms with Crippen molar-refractivity contribution < 1.29 is 17.4 Å². The molecule has 0 bridgehead atoms. The van der Waals surface area contributed by atoms with Crippen LogP contribution in [0.25, 0.3) is 0 Å². The van der Waals surface area contributed by atoms with Gasteiger partial charge in [-0.15, -0.1) is 0 Å². The summed E-state index contributed by atoms with van der Waals surface area (Å²) >= 11 is 8.98. The Morgan fingerprint density at radius 3 is 2.57 bits per heavy atom. The van der Waals surface area contributed by atoms with Crippen molar-refractivity contribution in [2.45, 2.75) is 17.9 Å². The zero-order valence-electron chi connectivity index (χ0n) is 11.2. The number of nitrogens with two attached hydrogens (primary N) is 1. The molecule has 0 saturated carbocycles. The number of primary sulfonamides is 1. The molecular weight excluding hydrogens is 404 g/mol. The van der Waals surface area contributed by atoms with E-state index in [1.807, 2.05) is 0 Å². The van der Waals surface area contributed by atoms with Crippen LogP contribution in [0.5, 0.6) is 0 Å². The highest BCUT2D eigenvalue weighted by molar-refractivity contribution is 9.10. The van der Waals surface area contributed by atoms with E-state index in [1.54, 1.807) is 6.92 Å². The molecule has 6 nitrogen and oxygen atoms in total. The Balaban J connectivity index is 3.13. The van der Waals surface area contributed by atoms with Crippen LogP contribution >= 0.6 is 27.5 Å². The topological polar surface area (TPSA) is 106 Å². The predicted molar refractivity (Wildman–Crippen MR) is 86.4 cm³/mol. The molecule has 1 aromatic carbocycles. The van der Waals surface area contributed by atoms with Gasteiger partial charge < -0.3 is 5.32 Å². The largest absolute Gasteiger partial charge is 0.349 e. The van der Waals surface area contributed by atoms with Crippen LogP contribution in [0.3, 0.4) is 0 Å². The number of halogens is 2. The lowest BCUT2D eigenvalue weighted by Crippen LogP contribution is -2.36. The zero-order valence-corrected chi connectivity index (χ0v) is 15.2. The van der Waals surface area contributed by atoms with Crippen molar-refractivity contribution in [1.82, 2.24) is 5.32 Å². The quantitative estimate of drug-likeness (QED) is 0.752. The summed E-state index contributed by atoms with van der Waals surface area (Å²) in [7, 11) is -5.05. The normalized spacial score (nSPS) is 14.5. The van der Waals surface area contributed by atoms with Crippen molar-refractivity contribution in [1.29, 1.82) is 0 Å². The molecule has 0 aromatic heterocycles. The molecule has 0 aliphatic rings. The first-order valence-corrected chi connectivity index (χ1v) is 10.1. The highest BCUT2D eigenvalue weighted by Crippen LogP contribution is 2.28. The Morgan fingerprint density at radius 1 is 1.52 bits per heavy atom. The Bertz CT molecular complexity index is 694. The fraction of sp³-hybridized carbons (Fsp3) is 0.364. The second-order valence-electron chi connectivity index (χ2n) is 4.42. The Morgan fingerprint density at radius 2 is 2.10 bits per heavy atom. The van der Waals surface area contributed by atoms with Crippen LogP contribution in [-0.2, 0) is 20.8 Å². The lowest BCUT2D eigenvalue weighted by Gasteiger charge is -2.14. The SMILES string of the molecule is CC(CS(C)=O)NC(=O)c1cc(S(N)(=O)=O)c(Br)cc1Cl. The first-order chi connectivity index (χ1) is 9.52.